The molecule has 2 aromatic rings. The van der Waals surface area contributed by atoms with Gasteiger partial charge in [-0.15, -0.1) is 11.8 Å². The molecule has 0 saturated heterocycles. The summed E-state index contributed by atoms with van der Waals surface area (Å²) in [5, 5.41) is 8.84. The van der Waals surface area contributed by atoms with Crippen molar-refractivity contribution in [2.24, 2.45) is 0 Å². The number of carboxylic acids is 1. The fraction of sp³-hybridized carbons (Fsp3) is 0.0909. The third kappa shape index (κ3) is 2.43. The minimum Gasteiger partial charge on any atom is -0.475 e. The molecule has 2 heterocycles. The number of pyridine rings is 1. The fourth-order valence-electron chi connectivity index (χ4n) is 1.23. The number of aromatic carboxylic acids is 1. The first kappa shape index (κ1) is 10.8. The highest BCUT2D eigenvalue weighted by Crippen LogP contribution is 2.24. The lowest BCUT2D eigenvalue weighted by molar-refractivity contribution is 0.0661. The molecule has 0 aliphatic rings. The maximum atomic E-state index is 10.8. The van der Waals surface area contributed by atoms with Gasteiger partial charge in [0.15, 0.2) is 0 Å². The first-order valence-corrected chi connectivity index (χ1v) is 5.58. The van der Waals surface area contributed by atoms with Crippen molar-refractivity contribution in [1.29, 1.82) is 0 Å². The summed E-state index contributed by atoms with van der Waals surface area (Å²) in [7, 11) is 0. The smallest absolute Gasteiger partial charge is 0.372 e. The van der Waals surface area contributed by atoms with Crippen molar-refractivity contribution in [3.05, 3.63) is 48.2 Å². The first-order valence-electron chi connectivity index (χ1n) is 4.60. The standard InChI is InChI=1S/C11H9NO3S/c13-11(14)10-8(3-6-15-10)7-16-9-1-4-12-5-2-9/h1-6H,7H2,(H,13,14). The fourth-order valence-corrected chi connectivity index (χ4v) is 2.10. The van der Waals surface area contributed by atoms with Crippen molar-refractivity contribution in [3.63, 3.8) is 0 Å². The van der Waals surface area contributed by atoms with Gasteiger partial charge in [-0.25, -0.2) is 4.79 Å². The molecule has 0 aliphatic heterocycles. The van der Waals surface area contributed by atoms with E-state index in [0.717, 1.165) is 4.90 Å². The van der Waals surface area contributed by atoms with Crippen LogP contribution in [0.3, 0.4) is 0 Å². The number of carboxylic acid groups (broad SMARTS) is 1. The molecule has 0 atom stereocenters. The van der Waals surface area contributed by atoms with Crippen molar-refractivity contribution in [2.45, 2.75) is 10.6 Å². The first-order chi connectivity index (χ1) is 7.77. The van der Waals surface area contributed by atoms with Crippen LogP contribution in [-0.4, -0.2) is 16.1 Å². The Balaban J connectivity index is 2.05. The molecule has 0 saturated carbocycles. The summed E-state index contributed by atoms with van der Waals surface area (Å²) in [6, 6.07) is 5.44. The van der Waals surface area contributed by atoms with Crippen LogP contribution < -0.4 is 0 Å². The third-order valence-electron chi connectivity index (χ3n) is 1.99. The van der Waals surface area contributed by atoms with Crippen molar-refractivity contribution >= 4 is 17.7 Å². The Kier molecular flexibility index (Phi) is 3.26. The molecule has 0 aromatic carbocycles. The zero-order valence-corrected chi connectivity index (χ0v) is 9.11. The molecular weight excluding hydrogens is 226 g/mol. The van der Waals surface area contributed by atoms with E-state index >= 15 is 0 Å². The highest BCUT2D eigenvalue weighted by atomic mass is 32.2. The lowest BCUT2D eigenvalue weighted by Crippen LogP contribution is -1.97. The largest absolute Gasteiger partial charge is 0.475 e. The minimum atomic E-state index is -1.03. The Bertz CT molecular complexity index is 481. The number of aromatic nitrogens is 1. The number of hydrogen-bond acceptors (Lipinski definition) is 4. The molecule has 0 aliphatic carbocycles. The van der Waals surface area contributed by atoms with E-state index in [1.165, 1.54) is 6.26 Å². The lowest BCUT2D eigenvalue weighted by Gasteiger charge is -1.99. The van der Waals surface area contributed by atoms with Crippen molar-refractivity contribution < 1.29 is 14.3 Å². The molecule has 2 rings (SSSR count). The van der Waals surface area contributed by atoms with Gasteiger partial charge < -0.3 is 9.52 Å². The SMILES string of the molecule is O=C(O)c1occc1CSc1ccncc1. The van der Waals surface area contributed by atoms with Crippen LogP contribution in [0.25, 0.3) is 0 Å². The van der Waals surface area contributed by atoms with Crippen molar-refractivity contribution in [2.75, 3.05) is 0 Å². The Morgan fingerprint density at radius 3 is 2.81 bits per heavy atom. The Labute approximate surface area is 96.3 Å². The molecule has 4 nitrogen and oxygen atoms in total. The molecule has 0 radical (unpaired) electrons. The molecule has 0 bridgehead atoms. The van der Waals surface area contributed by atoms with Crippen LogP contribution in [0.2, 0.25) is 0 Å². The Morgan fingerprint density at radius 1 is 1.38 bits per heavy atom. The molecule has 0 amide bonds. The summed E-state index contributed by atoms with van der Waals surface area (Å²) in [4.78, 5) is 15.7. The molecule has 5 heteroatoms. The van der Waals surface area contributed by atoms with Gasteiger partial charge in [0.2, 0.25) is 5.76 Å². The number of hydrogen-bond donors (Lipinski definition) is 1. The van der Waals surface area contributed by atoms with Gasteiger partial charge in [0.05, 0.1) is 6.26 Å². The van der Waals surface area contributed by atoms with Gasteiger partial charge in [-0.05, 0) is 18.2 Å². The van der Waals surface area contributed by atoms with Crippen LogP contribution >= 0.6 is 11.8 Å². The second kappa shape index (κ2) is 4.85. The number of rotatable bonds is 4. The lowest BCUT2D eigenvalue weighted by atomic mass is 10.3. The van der Waals surface area contributed by atoms with E-state index in [1.807, 2.05) is 12.1 Å². The summed E-state index contributed by atoms with van der Waals surface area (Å²) in [5.74, 6) is -0.445. The Morgan fingerprint density at radius 2 is 2.12 bits per heavy atom. The molecule has 0 spiro atoms. The second-order valence-electron chi connectivity index (χ2n) is 3.05. The Hall–Kier alpha value is -1.75. The van der Waals surface area contributed by atoms with Gasteiger partial charge in [-0.2, -0.15) is 0 Å². The van der Waals surface area contributed by atoms with Gasteiger partial charge in [0.25, 0.3) is 0 Å². The minimum absolute atomic E-state index is 0.0153. The summed E-state index contributed by atoms with van der Waals surface area (Å²) in [6.45, 7) is 0. The summed E-state index contributed by atoms with van der Waals surface area (Å²) in [5.41, 5.74) is 0.689. The topological polar surface area (TPSA) is 63.3 Å². The molecule has 2 aromatic heterocycles. The van der Waals surface area contributed by atoms with Crippen LogP contribution in [0.1, 0.15) is 16.1 Å². The van der Waals surface area contributed by atoms with Gasteiger partial charge >= 0.3 is 5.97 Å². The third-order valence-corrected chi connectivity index (χ3v) is 3.05. The predicted octanol–water partition coefficient (Wildman–Crippen LogP) is 2.67. The van der Waals surface area contributed by atoms with Crippen LogP contribution in [0.15, 0.2) is 46.2 Å². The monoisotopic (exact) mass is 235 g/mol. The van der Waals surface area contributed by atoms with Crippen LogP contribution in [-0.2, 0) is 5.75 Å². The highest BCUT2D eigenvalue weighted by molar-refractivity contribution is 7.98. The van der Waals surface area contributed by atoms with E-state index < -0.39 is 5.97 Å². The van der Waals surface area contributed by atoms with Crippen LogP contribution in [0.5, 0.6) is 0 Å². The van der Waals surface area contributed by atoms with Gasteiger partial charge in [0.1, 0.15) is 0 Å². The van der Waals surface area contributed by atoms with E-state index in [0.29, 0.717) is 11.3 Å². The molecule has 0 unspecified atom stereocenters. The highest BCUT2D eigenvalue weighted by Gasteiger charge is 2.13. The molecule has 0 fully saturated rings. The van der Waals surface area contributed by atoms with E-state index in [1.54, 1.807) is 30.2 Å². The molecule has 1 N–H and O–H groups in total. The predicted molar refractivity (Wildman–Crippen MR) is 59.5 cm³/mol. The zero-order valence-electron chi connectivity index (χ0n) is 8.29. The summed E-state index contributed by atoms with van der Waals surface area (Å²) < 4.78 is 4.89. The van der Waals surface area contributed by atoms with E-state index in [9.17, 15) is 4.79 Å². The second-order valence-corrected chi connectivity index (χ2v) is 4.10. The van der Waals surface area contributed by atoms with Crippen LogP contribution in [0, 0.1) is 0 Å². The number of nitrogens with zero attached hydrogens (tertiary/aromatic N) is 1. The average molecular weight is 235 g/mol. The maximum Gasteiger partial charge on any atom is 0.372 e. The van der Waals surface area contributed by atoms with E-state index in [2.05, 4.69) is 4.98 Å². The van der Waals surface area contributed by atoms with Crippen LogP contribution in [0.4, 0.5) is 0 Å². The number of furan rings is 1. The van der Waals surface area contributed by atoms with Crippen molar-refractivity contribution in [1.82, 2.24) is 4.98 Å². The molecule has 82 valence electrons. The zero-order chi connectivity index (χ0) is 11.4. The molecule has 16 heavy (non-hydrogen) atoms. The quantitative estimate of drug-likeness (QED) is 0.825. The normalized spacial score (nSPS) is 10.2. The average Bonchev–Trinajstić information content (AvgIpc) is 2.76. The summed E-state index contributed by atoms with van der Waals surface area (Å²) >= 11 is 1.55. The van der Waals surface area contributed by atoms with Gasteiger partial charge in [-0.1, -0.05) is 0 Å². The van der Waals surface area contributed by atoms with Gasteiger partial charge in [0, 0.05) is 28.6 Å². The van der Waals surface area contributed by atoms with Crippen molar-refractivity contribution in [3.8, 4) is 0 Å². The number of thioether (sulfide) groups is 1. The number of carbonyl (C=O) groups is 1. The molecular formula is C11H9NO3S. The van der Waals surface area contributed by atoms with E-state index in [-0.39, 0.29) is 5.76 Å². The van der Waals surface area contributed by atoms with E-state index in [4.69, 9.17) is 9.52 Å². The van der Waals surface area contributed by atoms with Gasteiger partial charge in [-0.3, -0.25) is 4.98 Å². The summed E-state index contributed by atoms with van der Waals surface area (Å²) in [6.07, 6.45) is 4.80. The maximum absolute atomic E-state index is 10.8.